The second kappa shape index (κ2) is 12.3. The zero-order valence-corrected chi connectivity index (χ0v) is 23.2. The lowest BCUT2D eigenvalue weighted by Gasteiger charge is -2.32. The first-order valence-corrected chi connectivity index (χ1v) is 14.7. The molecule has 0 radical (unpaired) electrons. The van der Waals surface area contributed by atoms with Crippen molar-refractivity contribution < 1.29 is 18.0 Å². The van der Waals surface area contributed by atoms with Gasteiger partial charge in [-0.1, -0.05) is 61.2 Å². The Morgan fingerprint density at radius 2 is 1.64 bits per heavy atom. The Labute approximate surface area is 223 Å². The summed E-state index contributed by atoms with van der Waals surface area (Å²) >= 11 is 12.7. The maximum Gasteiger partial charge on any atom is 0.244 e. The number of rotatable bonds is 10. The lowest BCUT2D eigenvalue weighted by Crippen LogP contribution is -2.52. The van der Waals surface area contributed by atoms with Crippen molar-refractivity contribution >= 4 is 50.7 Å². The molecule has 10 heteroatoms. The van der Waals surface area contributed by atoms with Crippen LogP contribution in [0.1, 0.15) is 50.7 Å². The van der Waals surface area contributed by atoms with Crippen LogP contribution in [-0.4, -0.2) is 50.0 Å². The van der Waals surface area contributed by atoms with E-state index >= 15 is 0 Å². The van der Waals surface area contributed by atoms with Crippen molar-refractivity contribution in [2.75, 3.05) is 17.1 Å². The van der Waals surface area contributed by atoms with Gasteiger partial charge in [-0.3, -0.25) is 13.9 Å². The summed E-state index contributed by atoms with van der Waals surface area (Å²) < 4.78 is 26.4. The van der Waals surface area contributed by atoms with E-state index in [0.29, 0.717) is 21.3 Å². The number of aryl methyl sites for hydroxylation is 1. The van der Waals surface area contributed by atoms with Crippen molar-refractivity contribution in [1.29, 1.82) is 0 Å². The molecule has 0 saturated heterocycles. The van der Waals surface area contributed by atoms with Crippen molar-refractivity contribution in [2.45, 2.75) is 64.6 Å². The highest BCUT2D eigenvalue weighted by atomic mass is 35.5. The molecule has 0 bridgehead atoms. The summed E-state index contributed by atoms with van der Waals surface area (Å²) in [5.74, 6) is -0.832. The van der Waals surface area contributed by atoms with E-state index < -0.39 is 28.5 Å². The van der Waals surface area contributed by atoms with Gasteiger partial charge in [-0.25, -0.2) is 8.42 Å². The maximum absolute atomic E-state index is 13.7. The topological polar surface area (TPSA) is 86.8 Å². The van der Waals surface area contributed by atoms with Gasteiger partial charge in [0.2, 0.25) is 21.8 Å². The summed E-state index contributed by atoms with van der Waals surface area (Å²) in [5.41, 5.74) is 1.92. The summed E-state index contributed by atoms with van der Waals surface area (Å²) in [7, 11) is -3.79. The van der Waals surface area contributed by atoms with Gasteiger partial charge in [0, 0.05) is 28.2 Å². The minimum absolute atomic E-state index is 0.0387. The highest BCUT2D eigenvalue weighted by Crippen LogP contribution is 2.27. The van der Waals surface area contributed by atoms with Gasteiger partial charge in [-0.2, -0.15) is 0 Å². The fourth-order valence-electron chi connectivity index (χ4n) is 4.34. The molecule has 2 amide bonds. The molecule has 0 unspecified atom stereocenters. The standard InChI is InChI=1S/C26H33Cl2N3O4S/c1-4-19-12-14-21(15-13-19)31(36(3,34)35)17-25(32)30(16-22-23(27)10-7-11-24(22)28)18(2)26(33)29-20-8-5-6-9-20/h7,10-15,18,20H,4-6,8-9,16-17H2,1-3H3,(H,29,33)/t18-/m0/s1. The summed E-state index contributed by atoms with van der Waals surface area (Å²) in [5, 5.41) is 3.75. The minimum Gasteiger partial charge on any atom is -0.352 e. The van der Waals surface area contributed by atoms with Gasteiger partial charge in [0.1, 0.15) is 12.6 Å². The predicted octanol–water partition coefficient (Wildman–Crippen LogP) is 4.80. The molecule has 0 aliphatic heterocycles. The first-order chi connectivity index (χ1) is 17.0. The smallest absolute Gasteiger partial charge is 0.244 e. The van der Waals surface area contributed by atoms with Crippen molar-refractivity contribution in [3.8, 4) is 0 Å². The number of halogens is 2. The number of anilines is 1. The largest absolute Gasteiger partial charge is 0.352 e. The molecule has 0 spiro atoms. The van der Waals surface area contributed by atoms with Crippen LogP contribution in [-0.2, 0) is 32.6 Å². The number of carbonyl (C=O) groups is 2. The molecular formula is C26H33Cl2N3O4S. The van der Waals surface area contributed by atoms with E-state index in [1.807, 2.05) is 19.1 Å². The number of benzene rings is 2. The third kappa shape index (κ3) is 7.14. The van der Waals surface area contributed by atoms with E-state index in [-0.39, 0.29) is 18.5 Å². The monoisotopic (exact) mass is 553 g/mol. The van der Waals surface area contributed by atoms with Gasteiger partial charge in [0.05, 0.1) is 11.9 Å². The Kier molecular flexibility index (Phi) is 9.66. The van der Waals surface area contributed by atoms with E-state index in [4.69, 9.17) is 23.2 Å². The van der Waals surface area contributed by atoms with Crippen LogP contribution in [0.15, 0.2) is 42.5 Å². The van der Waals surface area contributed by atoms with Crippen LogP contribution in [0.25, 0.3) is 0 Å². The molecule has 1 N–H and O–H groups in total. The Hall–Kier alpha value is -2.29. The first kappa shape index (κ1) is 28.3. The Bertz CT molecular complexity index is 1160. The zero-order chi connectivity index (χ0) is 26.5. The van der Waals surface area contributed by atoms with Crippen molar-refractivity contribution in [3.05, 3.63) is 63.6 Å². The average molecular weight is 555 g/mol. The lowest BCUT2D eigenvalue weighted by atomic mass is 10.1. The molecule has 3 rings (SSSR count). The highest BCUT2D eigenvalue weighted by Gasteiger charge is 2.32. The summed E-state index contributed by atoms with van der Waals surface area (Å²) in [6.45, 7) is 3.13. The lowest BCUT2D eigenvalue weighted by molar-refractivity contribution is -0.139. The van der Waals surface area contributed by atoms with Crippen LogP contribution in [0.4, 0.5) is 5.69 Å². The van der Waals surface area contributed by atoms with Crippen LogP contribution < -0.4 is 9.62 Å². The number of amides is 2. The molecule has 0 heterocycles. The summed E-state index contributed by atoms with van der Waals surface area (Å²) in [6.07, 6.45) is 5.77. The number of hydrogen-bond acceptors (Lipinski definition) is 4. The molecule has 1 atom stereocenters. The van der Waals surface area contributed by atoms with E-state index in [1.54, 1.807) is 37.3 Å². The molecule has 1 aliphatic carbocycles. The van der Waals surface area contributed by atoms with Crippen molar-refractivity contribution in [3.63, 3.8) is 0 Å². The van der Waals surface area contributed by atoms with Gasteiger partial charge in [-0.15, -0.1) is 0 Å². The van der Waals surface area contributed by atoms with Gasteiger partial charge >= 0.3 is 0 Å². The quantitative estimate of drug-likeness (QED) is 0.457. The average Bonchev–Trinajstić information content (AvgIpc) is 3.34. The molecule has 1 saturated carbocycles. The van der Waals surface area contributed by atoms with Gasteiger partial charge in [0.15, 0.2) is 0 Å². The van der Waals surface area contributed by atoms with Gasteiger partial charge in [-0.05, 0) is 56.0 Å². The van der Waals surface area contributed by atoms with E-state index in [2.05, 4.69) is 5.32 Å². The van der Waals surface area contributed by atoms with Gasteiger partial charge < -0.3 is 10.2 Å². The fourth-order valence-corrected chi connectivity index (χ4v) is 5.71. The molecule has 2 aromatic rings. The van der Waals surface area contributed by atoms with E-state index in [0.717, 1.165) is 48.2 Å². The van der Waals surface area contributed by atoms with E-state index in [1.165, 1.54) is 4.90 Å². The molecular weight excluding hydrogens is 521 g/mol. The number of nitrogens with one attached hydrogen (secondary N) is 1. The minimum atomic E-state index is -3.79. The number of carbonyl (C=O) groups excluding carboxylic acids is 2. The molecule has 7 nitrogen and oxygen atoms in total. The van der Waals surface area contributed by atoms with Crippen LogP contribution in [0.2, 0.25) is 10.0 Å². The third-order valence-electron chi connectivity index (χ3n) is 6.57. The molecule has 1 aliphatic rings. The second-order valence-corrected chi connectivity index (χ2v) is 11.9. The molecule has 1 fully saturated rings. The maximum atomic E-state index is 13.7. The number of sulfonamides is 1. The van der Waals surface area contributed by atoms with Crippen molar-refractivity contribution in [1.82, 2.24) is 10.2 Å². The van der Waals surface area contributed by atoms with Crippen LogP contribution in [0, 0.1) is 0 Å². The predicted molar refractivity (Wildman–Crippen MR) is 145 cm³/mol. The van der Waals surface area contributed by atoms with Crippen molar-refractivity contribution in [2.24, 2.45) is 0 Å². The van der Waals surface area contributed by atoms with Gasteiger partial charge in [0.25, 0.3) is 0 Å². The van der Waals surface area contributed by atoms with E-state index in [9.17, 15) is 18.0 Å². The number of hydrogen-bond donors (Lipinski definition) is 1. The molecule has 36 heavy (non-hydrogen) atoms. The third-order valence-corrected chi connectivity index (χ3v) is 8.42. The molecule has 2 aromatic carbocycles. The molecule has 196 valence electrons. The fraction of sp³-hybridized carbons (Fsp3) is 0.462. The first-order valence-electron chi connectivity index (χ1n) is 12.1. The Morgan fingerprint density at radius 1 is 1.06 bits per heavy atom. The summed E-state index contributed by atoms with van der Waals surface area (Å²) in [4.78, 5) is 28.1. The molecule has 0 aromatic heterocycles. The van der Waals surface area contributed by atoms with Crippen LogP contribution in [0.5, 0.6) is 0 Å². The highest BCUT2D eigenvalue weighted by molar-refractivity contribution is 7.92. The number of nitrogens with zero attached hydrogens (tertiary/aromatic N) is 2. The van der Waals surface area contributed by atoms with Crippen LogP contribution in [0.3, 0.4) is 0 Å². The van der Waals surface area contributed by atoms with Crippen LogP contribution >= 0.6 is 23.2 Å². The summed E-state index contributed by atoms with van der Waals surface area (Å²) in [6, 6.07) is 11.2. The second-order valence-electron chi connectivity index (χ2n) is 9.18. The normalized spacial score (nSPS) is 14.9. The Morgan fingerprint density at radius 3 is 2.17 bits per heavy atom. The zero-order valence-electron chi connectivity index (χ0n) is 20.8. The Balaban J connectivity index is 1.91. The SMILES string of the molecule is CCc1ccc(N(CC(=O)N(Cc2c(Cl)cccc2Cl)[C@@H](C)C(=O)NC2CCCC2)S(C)(=O)=O)cc1.